The van der Waals surface area contributed by atoms with E-state index in [0.29, 0.717) is 11.4 Å². The van der Waals surface area contributed by atoms with Gasteiger partial charge in [0, 0.05) is 27.0 Å². The molecule has 0 spiro atoms. The van der Waals surface area contributed by atoms with E-state index < -0.39 is 15.6 Å². The van der Waals surface area contributed by atoms with Crippen LogP contribution in [0.25, 0.3) is 10.1 Å². The van der Waals surface area contributed by atoms with Crippen LogP contribution in [-0.2, 0) is 16.6 Å². The quantitative estimate of drug-likeness (QED) is 0.888. The van der Waals surface area contributed by atoms with Crippen molar-refractivity contribution >= 4 is 31.4 Å². The number of sulfonamides is 1. The minimum Gasteiger partial charge on any atom is -0.312 e. The molecular formula is C15H22N2O2S2. The van der Waals surface area contributed by atoms with Gasteiger partial charge in [-0.3, -0.25) is 0 Å². The molecule has 116 valence electrons. The van der Waals surface area contributed by atoms with Gasteiger partial charge in [-0.15, -0.1) is 11.3 Å². The van der Waals surface area contributed by atoms with Crippen molar-refractivity contribution < 1.29 is 8.42 Å². The number of nitrogens with one attached hydrogen (secondary N) is 2. The molecule has 0 saturated carbocycles. The zero-order chi connectivity index (χ0) is 15.7. The SMILES string of the molecule is CCNCc1sc2ccccc2c1S(=O)(=O)NC(C)(C)C. The lowest BCUT2D eigenvalue weighted by molar-refractivity contribution is 0.491. The van der Waals surface area contributed by atoms with Crippen LogP contribution in [0.5, 0.6) is 0 Å². The van der Waals surface area contributed by atoms with Crippen LogP contribution in [0.3, 0.4) is 0 Å². The number of benzene rings is 1. The third-order valence-electron chi connectivity index (χ3n) is 2.86. The molecule has 0 atom stereocenters. The van der Waals surface area contributed by atoms with Crippen LogP contribution < -0.4 is 10.0 Å². The fourth-order valence-corrected chi connectivity index (χ4v) is 5.51. The molecule has 1 heterocycles. The Kier molecular flexibility index (Phi) is 4.72. The molecule has 4 nitrogen and oxygen atoms in total. The van der Waals surface area contributed by atoms with Crippen molar-refractivity contribution in [3.05, 3.63) is 29.1 Å². The molecule has 0 radical (unpaired) electrons. The van der Waals surface area contributed by atoms with Gasteiger partial charge in [-0.1, -0.05) is 25.1 Å². The first-order valence-electron chi connectivity index (χ1n) is 6.99. The molecule has 0 aliphatic rings. The summed E-state index contributed by atoms with van der Waals surface area (Å²) in [6, 6.07) is 7.65. The smallest absolute Gasteiger partial charge is 0.242 e. The van der Waals surface area contributed by atoms with Gasteiger partial charge in [0.05, 0.1) is 0 Å². The molecule has 1 aromatic carbocycles. The Hall–Kier alpha value is -0.950. The molecule has 21 heavy (non-hydrogen) atoms. The number of hydrogen-bond acceptors (Lipinski definition) is 4. The van der Waals surface area contributed by atoms with Crippen molar-refractivity contribution in [3.8, 4) is 0 Å². The highest BCUT2D eigenvalue weighted by Crippen LogP contribution is 2.35. The van der Waals surface area contributed by atoms with Crippen LogP contribution in [0.15, 0.2) is 29.2 Å². The van der Waals surface area contributed by atoms with E-state index in [1.54, 1.807) is 0 Å². The Morgan fingerprint density at radius 1 is 1.19 bits per heavy atom. The summed E-state index contributed by atoms with van der Waals surface area (Å²) in [5.41, 5.74) is -0.503. The second-order valence-corrected chi connectivity index (χ2v) is 8.74. The Bertz CT molecular complexity index is 728. The van der Waals surface area contributed by atoms with Crippen LogP contribution in [0.4, 0.5) is 0 Å². The average molecular weight is 326 g/mol. The van der Waals surface area contributed by atoms with Gasteiger partial charge in [-0.25, -0.2) is 13.1 Å². The first-order chi connectivity index (χ1) is 9.74. The highest BCUT2D eigenvalue weighted by Gasteiger charge is 2.28. The molecule has 2 aromatic rings. The Morgan fingerprint density at radius 2 is 1.86 bits per heavy atom. The normalized spacial score (nSPS) is 13.0. The maximum Gasteiger partial charge on any atom is 0.242 e. The molecule has 1 aromatic heterocycles. The van der Waals surface area contributed by atoms with Crippen molar-refractivity contribution in [2.24, 2.45) is 0 Å². The summed E-state index contributed by atoms with van der Waals surface area (Å²) in [5.74, 6) is 0. The summed E-state index contributed by atoms with van der Waals surface area (Å²) < 4.78 is 29.3. The number of fused-ring (bicyclic) bond motifs is 1. The Morgan fingerprint density at radius 3 is 2.48 bits per heavy atom. The van der Waals surface area contributed by atoms with Gasteiger partial charge in [-0.2, -0.15) is 0 Å². The van der Waals surface area contributed by atoms with Gasteiger partial charge in [0.1, 0.15) is 4.90 Å². The Balaban J connectivity index is 2.59. The second kappa shape index (κ2) is 6.04. The number of thiophene rings is 1. The van der Waals surface area contributed by atoms with E-state index in [-0.39, 0.29) is 0 Å². The number of rotatable bonds is 5. The predicted octanol–water partition coefficient (Wildman–Crippen LogP) is 3.09. The molecule has 0 aliphatic heterocycles. The summed E-state index contributed by atoms with van der Waals surface area (Å²) in [6.07, 6.45) is 0. The van der Waals surface area contributed by atoms with E-state index in [0.717, 1.165) is 21.5 Å². The molecule has 0 fully saturated rings. The zero-order valence-electron chi connectivity index (χ0n) is 12.9. The van der Waals surface area contributed by atoms with Crippen LogP contribution in [0, 0.1) is 0 Å². The van der Waals surface area contributed by atoms with Gasteiger partial charge in [0.25, 0.3) is 0 Å². The lowest BCUT2D eigenvalue weighted by atomic mass is 10.1. The number of hydrogen-bond donors (Lipinski definition) is 2. The van der Waals surface area contributed by atoms with Crippen LogP contribution in [0.1, 0.15) is 32.6 Å². The molecule has 6 heteroatoms. The molecule has 2 rings (SSSR count). The first kappa shape index (κ1) is 16.4. The van der Waals surface area contributed by atoms with Crippen molar-refractivity contribution in [1.82, 2.24) is 10.0 Å². The van der Waals surface area contributed by atoms with E-state index in [9.17, 15) is 8.42 Å². The van der Waals surface area contributed by atoms with E-state index in [4.69, 9.17) is 0 Å². The lowest BCUT2D eigenvalue weighted by Gasteiger charge is -2.20. The third-order valence-corrected chi connectivity index (χ3v) is 6.05. The monoisotopic (exact) mass is 326 g/mol. The van der Waals surface area contributed by atoms with E-state index in [1.807, 2.05) is 52.0 Å². The summed E-state index contributed by atoms with van der Waals surface area (Å²) in [4.78, 5) is 1.27. The predicted molar refractivity (Wildman–Crippen MR) is 89.3 cm³/mol. The van der Waals surface area contributed by atoms with Crippen LogP contribution in [0.2, 0.25) is 0 Å². The van der Waals surface area contributed by atoms with Gasteiger partial charge in [0.15, 0.2) is 0 Å². The summed E-state index contributed by atoms with van der Waals surface area (Å²) >= 11 is 1.54. The van der Waals surface area contributed by atoms with Crippen LogP contribution >= 0.6 is 11.3 Å². The third kappa shape index (κ3) is 3.83. The van der Waals surface area contributed by atoms with Crippen molar-refractivity contribution in [1.29, 1.82) is 0 Å². The average Bonchev–Trinajstić information content (AvgIpc) is 2.72. The zero-order valence-corrected chi connectivity index (χ0v) is 14.5. The summed E-state index contributed by atoms with van der Waals surface area (Å²) in [5, 5.41) is 4.02. The largest absolute Gasteiger partial charge is 0.312 e. The summed E-state index contributed by atoms with van der Waals surface area (Å²) in [6.45, 7) is 8.93. The lowest BCUT2D eigenvalue weighted by Crippen LogP contribution is -2.40. The molecule has 0 aliphatic carbocycles. The fourth-order valence-electron chi connectivity index (χ4n) is 2.18. The van der Waals surface area contributed by atoms with E-state index in [1.165, 1.54) is 11.3 Å². The molecule has 0 unspecified atom stereocenters. The maximum atomic E-state index is 12.8. The maximum absolute atomic E-state index is 12.8. The standard InChI is InChI=1S/C15H22N2O2S2/c1-5-16-10-13-14(21(18,19)17-15(2,3)4)11-8-6-7-9-12(11)20-13/h6-9,16-17H,5,10H2,1-4H3. The van der Waals surface area contributed by atoms with E-state index in [2.05, 4.69) is 10.0 Å². The molecule has 2 N–H and O–H groups in total. The first-order valence-corrected chi connectivity index (χ1v) is 9.29. The minimum atomic E-state index is -3.54. The fraction of sp³-hybridized carbons (Fsp3) is 0.467. The van der Waals surface area contributed by atoms with Gasteiger partial charge < -0.3 is 5.32 Å². The van der Waals surface area contributed by atoms with Crippen molar-refractivity contribution in [2.45, 2.75) is 44.7 Å². The molecule has 0 amide bonds. The van der Waals surface area contributed by atoms with Gasteiger partial charge in [-0.05, 0) is 33.4 Å². The topological polar surface area (TPSA) is 58.2 Å². The molecule has 0 bridgehead atoms. The summed E-state index contributed by atoms with van der Waals surface area (Å²) in [7, 11) is -3.54. The highest BCUT2D eigenvalue weighted by molar-refractivity contribution is 7.90. The van der Waals surface area contributed by atoms with Gasteiger partial charge >= 0.3 is 0 Å². The van der Waals surface area contributed by atoms with Crippen molar-refractivity contribution in [2.75, 3.05) is 6.54 Å². The van der Waals surface area contributed by atoms with Crippen LogP contribution in [-0.4, -0.2) is 20.5 Å². The van der Waals surface area contributed by atoms with Gasteiger partial charge in [0.2, 0.25) is 10.0 Å². The minimum absolute atomic E-state index is 0.416. The highest BCUT2D eigenvalue weighted by atomic mass is 32.2. The van der Waals surface area contributed by atoms with E-state index >= 15 is 0 Å². The Labute approximate surface area is 130 Å². The molecular weight excluding hydrogens is 304 g/mol. The van der Waals surface area contributed by atoms with Crippen molar-refractivity contribution in [3.63, 3.8) is 0 Å². The molecule has 0 saturated heterocycles. The second-order valence-electron chi connectivity index (χ2n) is 5.99.